The largest absolute Gasteiger partial charge is 0.453 e. The van der Waals surface area contributed by atoms with Crippen molar-refractivity contribution < 1.29 is 18.7 Å². The molecule has 2 aromatic carbocycles. The van der Waals surface area contributed by atoms with E-state index in [2.05, 4.69) is 20.2 Å². The number of hydrogen-bond donors (Lipinski definition) is 2. The second-order valence-electron chi connectivity index (χ2n) is 8.45. The molecule has 1 saturated heterocycles. The normalized spacial score (nSPS) is 13.4. The third kappa shape index (κ3) is 5.44. The van der Waals surface area contributed by atoms with Crippen LogP contribution in [0.4, 0.5) is 10.6 Å². The fraction of sp³-hybridized carbons (Fsp3) is 0.231. The van der Waals surface area contributed by atoms with Gasteiger partial charge in [0.25, 0.3) is 11.8 Å². The zero-order valence-corrected chi connectivity index (χ0v) is 20.9. The zero-order valence-electron chi connectivity index (χ0n) is 20.9. The van der Waals surface area contributed by atoms with E-state index < -0.39 is 0 Å². The Bertz CT molecular complexity index is 1410. The Morgan fingerprint density at radius 2 is 1.58 bits per heavy atom. The van der Waals surface area contributed by atoms with Crippen molar-refractivity contribution in [2.24, 2.45) is 0 Å². The second-order valence-corrected chi connectivity index (χ2v) is 8.45. The average molecular weight is 517 g/mol. The van der Waals surface area contributed by atoms with Crippen LogP contribution >= 0.6 is 0 Å². The van der Waals surface area contributed by atoms with Crippen molar-refractivity contribution >= 4 is 17.8 Å². The Kier molecular flexibility index (Phi) is 7.92. The molecule has 0 radical (unpaired) electrons. The lowest BCUT2D eigenvalue weighted by atomic mass is 10.1. The molecule has 1 aliphatic rings. The first-order valence-corrected chi connectivity index (χ1v) is 11.8. The van der Waals surface area contributed by atoms with Crippen molar-refractivity contribution in [3.63, 3.8) is 0 Å². The summed E-state index contributed by atoms with van der Waals surface area (Å²) in [4.78, 5) is 37.1. The fourth-order valence-corrected chi connectivity index (χ4v) is 4.11. The summed E-state index contributed by atoms with van der Waals surface area (Å²) in [6.07, 6.45) is 1.87. The van der Waals surface area contributed by atoms with E-state index in [4.69, 9.17) is 14.9 Å². The molecule has 3 heterocycles. The highest BCUT2D eigenvalue weighted by atomic mass is 16.5. The Morgan fingerprint density at radius 3 is 2.32 bits per heavy atom. The van der Waals surface area contributed by atoms with Gasteiger partial charge in [-0.15, -0.1) is 10.2 Å². The van der Waals surface area contributed by atoms with E-state index in [9.17, 15) is 9.59 Å². The van der Waals surface area contributed by atoms with E-state index >= 15 is 0 Å². The Hall–Kier alpha value is -4.84. The van der Waals surface area contributed by atoms with Gasteiger partial charge in [-0.1, -0.05) is 30.3 Å². The van der Waals surface area contributed by atoms with Gasteiger partial charge in [-0.3, -0.25) is 4.79 Å². The predicted molar refractivity (Wildman–Crippen MR) is 140 cm³/mol. The minimum absolute atomic E-state index is 0. The van der Waals surface area contributed by atoms with E-state index in [0.717, 1.165) is 11.1 Å². The SMILES string of the molecule is COC(=O)N1CCCN(C(=O)c2ccc(-c3cnc(N)c(-c4nnc(-c5ccccc5)o4)n3)cc2)CC1.N. The number of benzene rings is 2. The van der Waals surface area contributed by atoms with Gasteiger partial charge in [-0.25, -0.2) is 14.8 Å². The predicted octanol–water partition coefficient (Wildman–Crippen LogP) is 3.52. The number of anilines is 1. The van der Waals surface area contributed by atoms with Crippen molar-refractivity contribution in [3.8, 4) is 34.3 Å². The van der Waals surface area contributed by atoms with E-state index in [1.807, 2.05) is 30.3 Å². The molecule has 0 aliphatic carbocycles. The summed E-state index contributed by atoms with van der Waals surface area (Å²) < 4.78 is 10.6. The molecule has 0 bridgehead atoms. The maximum absolute atomic E-state index is 13.1. The maximum atomic E-state index is 13.1. The Balaban J connectivity index is 0.00000336. The van der Waals surface area contributed by atoms with Crippen LogP contribution in [0.1, 0.15) is 16.8 Å². The van der Waals surface area contributed by atoms with Crippen molar-refractivity contribution in [2.45, 2.75) is 6.42 Å². The lowest BCUT2D eigenvalue weighted by Crippen LogP contribution is -2.37. The highest BCUT2D eigenvalue weighted by molar-refractivity contribution is 5.94. The van der Waals surface area contributed by atoms with Crippen LogP contribution in [0.3, 0.4) is 0 Å². The van der Waals surface area contributed by atoms with Crippen LogP contribution in [0.2, 0.25) is 0 Å². The van der Waals surface area contributed by atoms with Crippen molar-refractivity contribution in [1.29, 1.82) is 0 Å². The monoisotopic (exact) mass is 516 g/mol. The number of amides is 2. The minimum atomic E-state index is -0.376. The van der Waals surface area contributed by atoms with E-state index in [-0.39, 0.29) is 35.6 Å². The van der Waals surface area contributed by atoms with Gasteiger partial charge in [0.05, 0.1) is 19.0 Å². The van der Waals surface area contributed by atoms with Crippen molar-refractivity contribution in [2.75, 3.05) is 39.0 Å². The maximum Gasteiger partial charge on any atom is 0.409 e. The van der Waals surface area contributed by atoms with Gasteiger partial charge < -0.3 is 30.8 Å². The fourth-order valence-electron chi connectivity index (χ4n) is 4.11. The first-order chi connectivity index (χ1) is 18.0. The van der Waals surface area contributed by atoms with Crippen LogP contribution in [-0.4, -0.2) is 75.3 Å². The van der Waals surface area contributed by atoms with Crippen LogP contribution in [-0.2, 0) is 4.74 Å². The van der Waals surface area contributed by atoms with E-state index in [0.29, 0.717) is 49.7 Å². The van der Waals surface area contributed by atoms with Gasteiger partial charge in [-0.2, -0.15) is 0 Å². The molecular weight excluding hydrogens is 488 g/mol. The highest BCUT2D eigenvalue weighted by Crippen LogP contribution is 2.28. The molecule has 12 heteroatoms. The number of carbonyl (C=O) groups is 2. The number of ether oxygens (including phenoxy) is 1. The molecule has 1 fully saturated rings. The molecule has 0 unspecified atom stereocenters. The smallest absolute Gasteiger partial charge is 0.409 e. The summed E-state index contributed by atoms with van der Waals surface area (Å²) in [6, 6.07) is 16.5. The molecule has 5 rings (SSSR count). The standard InChI is InChI=1S/C26H25N7O4.H3N/c1-36-26(35)33-13-5-12-32(14-15-33)25(34)19-10-8-17(9-11-19)20-16-28-22(27)21(29-20)24-31-30-23(37-24)18-6-3-2-4-7-18;/h2-4,6-11,16H,5,12-15H2,1H3,(H2,27,28);1H3. The molecular formula is C26H28N8O4. The molecule has 1 aliphatic heterocycles. The molecule has 196 valence electrons. The van der Waals surface area contributed by atoms with Crippen molar-refractivity contribution in [1.82, 2.24) is 36.1 Å². The van der Waals surface area contributed by atoms with Gasteiger partial charge in [0.15, 0.2) is 11.5 Å². The third-order valence-corrected chi connectivity index (χ3v) is 6.09. The van der Waals surface area contributed by atoms with Crippen LogP contribution in [0, 0.1) is 0 Å². The van der Waals surface area contributed by atoms with Crippen LogP contribution in [0.15, 0.2) is 65.2 Å². The minimum Gasteiger partial charge on any atom is -0.453 e. The van der Waals surface area contributed by atoms with Crippen LogP contribution in [0.5, 0.6) is 0 Å². The first-order valence-electron chi connectivity index (χ1n) is 11.8. The summed E-state index contributed by atoms with van der Waals surface area (Å²) in [7, 11) is 1.36. The molecule has 2 amide bonds. The summed E-state index contributed by atoms with van der Waals surface area (Å²) >= 11 is 0. The highest BCUT2D eigenvalue weighted by Gasteiger charge is 2.23. The molecule has 0 spiro atoms. The summed E-state index contributed by atoms with van der Waals surface area (Å²) in [5.41, 5.74) is 8.97. The van der Waals surface area contributed by atoms with Crippen LogP contribution < -0.4 is 11.9 Å². The Morgan fingerprint density at radius 1 is 0.895 bits per heavy atom. The summed E-state index contributed by atoms with van der Waals surface area (Å²) in [6.45, 7) is 2.00. The lowest BCUT2D eigenvalue weighted by molar-refractivity contribution is 0.0757. The summed E-state index contributed by atoms with van der Waals surface area (Å²) in [5, 5.41) is 8.19. The number of hydrogen-bond acceptors (Lipinski definition) is 10. The number of aromatic nitrogens is 4. The summed E-state index contributed by atoms with van der Waals surface area (Å²) in [5.74, 6) is 0.593. The molecule has 0 atom stereocenters. The molecule has 4 aromatic rings. The number of nitrogen functional groups attached to an aromatic ring is 1. The van der Waals surface area contributed by atoms with Gasteiger partial charge in [0, 0.05) is 42.9 Å². The molecule has 38 heavy (non-hydrogen) atoms. The molecule has 0 saturated carbocycles. The lowest BCUT2D eigenvalue weighted by Gasteiger charge is -2.21. The number of nitrogens with zero attached hydrogens (tertiary/aromatic N) is 6. The number of methoxy groups -OCH3 is 1. The van der Waals surface area contributed by atoms with Crippen molar-refractivity contribution in [3.05, 3.63) is 66.4 Å². The molecule has 12 nitrogen and oxygen atoms in total. The van der Waals surface area contributed by atoms with Gasteiger partial charge >= 0.3 is 6.09 Å². The van der Waals surface area contributed by atoms with E-state index in [1.54, 1.807) is 40.3 Å². The zero-order chi connectivity index (χ0) is 25.8. The third-order valence-electron chi connectivity index (χ3n) is 6.09. The van der Waals surface area contributed by atoms with Gasteiger partial charge in [0.2, 0.25) is 5.89 Å². The first kappa shape index (κ1) is 26.2. The quantitative estimate of drug-likeness (QED) is 0.408. The second kappa shape index (κ2) is 11.5. The number of rotatable bonds is 4. The number of carbonyl (C=O) groups excluding carboxylic acids is 2. The van der Waals surface area contributed by atoms with E-state index in [1.165, 1.54) is 7.11 Å². The van der Waals surface area contributed by atoms with Crippen LogP contribution in [0.25, 0.3) is 34.3 Å². The Labute approximate surface area is 219 Å². The van der Waals surface area contributed by atoms with Gasteiger partial charge in [0.1, 0.15) is 0 Å². The molecule has 5 N–H and O–H groups in total. The molecule has 2 aromatic heterocycles. The number of nitrogens with two attached hydrogens (primary N) is 1. The average Bonchev–Trinajstić information content (AvgIpc) is 3.31. The topological polar surface area (TPSA) is 176 Å². The van der Waals surface area contributed by atoms with Gasteiger partial charge in [-0.05, 0) is 30.7 Å².